The zero-order valence-electron chi connectivity index (χ0n) is 13.8. The van der Waals surface area contributed by atoms with Gasteiger partial charge >= 0.3 is 0 Å². The molecule has 0 saturated heterocycles. The first-order valence-corrected chi connectivity index (χ1v) is 8.53. The summed E-state index contributed by atoms with van der Waals surface area (Å²) in [6.45, 7) is 2.82. The third kappa shape index (κ3) is 6.48. The molecule has 1 aromatic rings. The van der Waals surface area contributed by atoms with E-state index >= 15 is 0 Å². The Morgan fingerprint density at radius 3 is 2.68 bits per heavy atom. The van der Waals surface area contributed by atoms with Gasteiger partial charge in [0, 0.05) is 19.1 Å². The van der Waals surface area contributed by atoms with Crippen molar-refractivity contribution < 1.29 is 0 Å². The molecule has 0 bridgehead atoms. The summed E-state index contributed by atoms with van der Waals surface area (Å²) in [5.41, 5.74) is 7.32. The van der Waals surface area contributed by atoms with Gasteiger partial charge in [0.15, 0.2) is 5.96 Å². The van der Waals surface area contributed by atoms with E-state index in [4.69, 9.17) is 5.73 Å². The lowest BCUT2D eigenvalue weighted by atomic mass is 9.96. The average molecular weight is 302 g/mol. The maximum absolute atomic E-state index is 5.97. The minimum Gasteiger partial charge on any atom is -0.370 e. The van der Waals surface area contributed by atoms with Crippen LogP contribution in [0.5, 0.6) is 0 Å². The van der Waals surface area contributed by atoms with Crippen LogP contribution < -0.4 is 11.1 Å². The van der Waals surface area contributed by atoms with E-state index in [1.807, 2.05) is 0 Å². The Morgan fingerprint density at radius 2 is 1.95 bits per heavy atom. The second kappa shape index (κ2) is 9.46. The van der Waals surface area contributed by atoms with Crippen LogP contribution in [0.1, 0.15) is 44.1 Å². The van der Waals surface area contributed by atoms with Gasteiger partial charge in [0.1, 0.15) is 0 Å². The third-order valence-corrected chi connectivity index (χ3v) is 4.23. The first-order chi connectivity index (χ1) is 10.7. The van der Waals surface area contributed by atoms with Crippen molar-refractivity contribution in [3.05, 3.63) is 35.9 Å². The van der Waals surface area contributed by atoms with Crippen molar-refractivity contribution in [3.8, 4) is 0 Å². The van der Waals surface area contributed by atoms with E-state index in [0.717, 1.165) is 26.1 Å². The summed E-state index contributed by atoms with van der Waals surface area (Å²) in [4.78, 5) is 6.78. The zero-order chi connectivity index (χ0) is 15.6. The predicted octanol–water partition coefficient (Wildman–Crippen LogP) is 2.75. The monoisotopic (exact) mass is 302 g/mol. The number of hydrogen-bond acceptors (Lipinski definition) is 2. The second-order valence-electron chi connectivity index (χ2n) is 6.32. The molecular formula is C18H30N4. The van der Waals surface area contributed by atoms with E-state index < -0.39 is 0 Å². The van der Waals surface area contributed by atoms with Crippen LogP contribution in [0.15, 0.2) is 35.3 Å². The molecule has 0 amide bonds. The Kier molecular flexibility index (Phi) is 7.23. The SMILES string of the molecule is CN(CCCN=C(N)NC1CCCCC1)Cc1ccccc1. The van der Waals surface area contributed by atoms with Gasteiger partial charge in [-0.1, -0.05) is 49.6 Å². The van der Waals surface area contributed by atoms with Crippen LogP contribution in [-0.2, 0) is 6.54 Å². The second-order valence-corrected chi connectivity index (χ2v) is 6.32. The maximum atomic E-state index is 5.97. The summed E-state index contributed by atoms with van der Waals surface area (Å²) in [5.74, 6) is 0.623. The van der Waals surface area contributed by atoms with Crippen LogP contribution in [0.25, 0.3) is 0 Å². The summed E-state index contributed by atoms with van der Waals surface area (Å²) in [5, 5.41) is 3.36. The van der Waals surface area contributed by atoms with Gasteiger partial charge in [-0.05, 0) is 38.4 Å². The maximum Gasteiger partial charge on any atom is 0.188 e. The van der Waals surface area contributed by atoms with E-state index in [2.05, 4.69) is 52.6 Å². The molecule has 0 aliphatic heterocycles. The number of nitrogens with zero attached hydrogens (tertiary/aromatic N) is 2. The van der Waals surface area contributed by atoms with Crippen molar-refractivity contribution in [3.63, 3.8) is 0 Å². The molecule has 122 valence electrons. The highest BCUT2D eigenvalue weighted by molar-refractivity contribution is 5.78. The number of guanidine groups is 1. The summed E-state index contributed by atoms with van der Waals surface area (Å²) >= 11 is 0. The Morgan fingerprint density at radius 1 is 1.23 bits per heavy atom. The van der Waals surface area contributed by atoms with Gasteiger partial charge in [-0.15, -0.1) is 0 Å². The molecule has 3 N–H and O–H groups in total. The van der Waals surface area contributed by atoms with Crippen LogP contribution in [-0.4, -0.2) is 37.0 Å². The molecule has 2 rings (SSSR count). The molecule has 22 heavy (non-hydrogen) atoms. The molecule has 1 aromatic carbocycles. The number of rotatable bonds is 7. The molecule has 4 nitrogen and oxygen atoms in total. The summed E-state index contributed by atoms with van der Waals surface area (Å²) < 4.78 is 0. The normalized spacial score (nSPS) is 16.9. The van der Waals surface area contributed by atoms with Gasteiger partial charge in [0.2, 0.25) is 0 Å². The van der Waals surface area contributed by atoms with Gasteiger partial charge in [-0.3, -0.25) is 4.99 Å². The largest absolute Gasteiger partial charge is 0.370 e. The molecule has 1 saturated carbocycles. The topological polar surface area (TPSA) is 53.6 Å². The average Bonchev–Trinajstić information content (AvgIpc) is 2.53. The summed E-state index contributed by atoms with van der Waals surface area (Å²) in [6.07, 6.45) is 7.50. The van der Waals surface area contributed by atoms with Crippen molar-refractivity contribution >= 4 is 5.96 Å². The van der Waals surface area contributed by atoms with E-state index in [9.17, 15) is 0 Å². The highest BCUT2D eigenvalue weighted by Crippen LogP contribution is 2.16. The third-order valence-electron chi connectivity index (χ3n) is 4.23. The smallest absolute Gasteiger partial charge is 0.188 e. The first kappa shape index (κ1) is 16.8. The fourth-order valence-electron chi connectivity index (χ4n) is 3.02. The minimum atomic E-state index is 0.540. The fraction of sp³-hybridized carbons (Fsp3) is 0.611. The highest BCUT2D eigenvalue weighted by atomic mass is 15.1. The van der Waals surface area contributed by atoms with E-state index in [1.54, 1.807) is 0 Å². The molecule has 0 radical (unpaired) electrons. The Bertz CT molecular complexity index is 438. The standard InChI is InChI=1S/C18H30N4/c1-22(15-16-9-4-2-5-10-16)14-8-13-20-18(19)21-17-11-6-3-7-12-17/h2,4-5,9-10,17H,3,6-8,11-15H2,1H3,(H3,19,20,21). The highest BCUT2D eigenvalue weighted by Gasteiger charge is 2.13. The molecule has 0 unspecified atom stereocenters. The Balaban J connectivity index is 1.60. The number of nitrogens with one attached hydrogen (secondary N) is 1. The number of nitrogens with two attached hydrogens (primary N) is 1. The summed E-state index contributed by atoms with van der Waals surface area (Å²) in [7, 11) is 2.15. The molecule has 0 atom stereocenters. The van der Waals surface area contributed by atoms with E-state index in [-0.39, 0.29) is 0 Å². The first-order valence-electron chi connectivity index (χ1n) is 8.53. The van der Waals surface area contributed by atoms with Gasteiger partial charge in [-0.25, -0.2) is 0 Å². The molecule has 4 heteroatoms. The lowest BCUT2D eigenvalue weighted by Crippen LogP contribution is -2.41. The molecule has 1 aliphatic carbocycles. The molecular weight excluding hydrogens is 272 g/mol. The Hall–Kier alpha value is -1.55. The predicted molar refractivity (Wildman–Crippen MR) is 93.9 cm³/mol. The molecule has 1 fully saturated rings. The van der Waals surface area contributed by atoms with Crippen LogP contribution in [0.4, 0.5) is 0 Å². The quantitative estimate of drug-likeness (QED) is 0.462. The van der Waals surface area contributed by atoms with Gasteiger partial charge in [0.05, 0.1) is 0 Å². The number of aliphatic imine (C=N–C) groups is 1. The molecule has 1 aliphatic rings. The van der Waals surface area contributed by atoms with Crippen molar-refractivity contribution in [1.82, 2.24) is 10.2 Å². The summed E-state index contributed by atoms with van der Waals surface area (Å²) in [6, 6.07) is 11.1. The Labute approximate surface area is 134 Å². The van der Waals surface area contributed by atoms with Crippen molar-refractivity contribution in [2.45, 2.75) is 51.1 Å². The van der Waals surface area contributed by atoms with Crippen LogP contribution in [0.3, 0.4) is 0 Å². The number of hydrogen-bond donors (Lipinski definition) is 2. The molecule has 0 aromatic heterocycles. The number of benzene rings is 1. The minimum absolute atomic E-state index is 0.540. The van der Waals surface area contributed by atoms with E-state index in [1.165, 1.54) is 37.7 Å². The molecule has 0 spiro atoms. The van der Waals surface area contributed by atoms with Gasteiger partial charge in [0.25, 0.3) is 0 Å². The lowest BCUT2D eigenvalue weighted by Gasteiger charge is -2.23. The van der Waals surface area contributed by atoms with Gasteiger partial charge in [-0.2, -0.15) is 0 Å². The van der Waals surface area contributed by atoms with E-state index in [0.29, 0.717) is 12.0 Å². The zero-order valence-corrected chi connectivity index (χ0v) is 13.8. The van der Waals surface area contributed by atoms with Crippen molar-refractivity contribution in [1.29, 1.82) is 0 Å². The fourth-order valence-corrected chi connectivity index (χ4v) is 3.02. The van der Waals surface area contributed by atoms with Crippen LogP contribution in [0, 0.1) is 0 Å². The van der Waals surface area contributed by atoms with Gasteiger partial charge < -0.3 is 16.0 Å². The van der Waals surface area contributed by atoms with Crippen LogP contribution in [0.2, 0.25) is 0 Å². The lowest BCUT2D eigenvalue weighted by molar-refractivity contribution is 0.324. The molecule has 0 heterocycles. The van der Waals surface area contributed by atoms with Crippen molar-refractivity contribution in [2.75, 3.05) is 20.1 Å². The van der Waals surface area contributed by atoms with Crippen LogP contribution >= 0.6 is 0 Å². The van der Waals surface area contributed by atoms with Crippen molar-refractivity contribution in [2.24, 2.45) is 10.7 Å².